The molecular weight excluding hydrogens is 263 g/mol. The maximum absolute atomic E-state index is 13.2. The maximum atomic E-state index is 13.2. The Labute approximate surface area is 111 Å². The molecule has 6 heteroatoms. The van der Waals surface area contributed by atoms with E-state index in [4.69, 9.17) is 0 Å². The highest BCUT2D eigenvalue weighted by molar-refractivity contribution is 5.77. The first-order chi connectivity index (χ1) is 9.65. The zero-order valence-electron chi connectivity index (χ0n) is 10.2. The van der Waals surface area contributed by atoms with Gasteiger partial charge in [-0.3, -0.25) is 9.55 Å². The van der Waals surface area contributed by atoms with Gasteiger partial charge in [0.2, 0.25) is 0 Å². The molecule has 0 saturated carbocycles. The van der Waals surface area contributed by atoms with E-state index in [1.165, 1.54) is 16.7 Å². The molecule has 0 aliphatic rings. The van der Waals surface area contributed by atoms with Gasteiger partial charge in [0.15, 0.2) is 0 Å². The summed E-state index contributed by atoms with van der Waals surface area (Å²) in [5.74, 6) is -1.34. The molecule has 0 amide bonds. The third-order valence-electron chi connectivity index (χ3n) is 2.93. The van der Waals surface area contributed by atoms with E-state index < -0.39 is 17.2 Å². The van der Waals surface area contributed by atoms with Gasteiger partial charge in [-0.15, -0.1) is 0 Å². The molecule has 0 aliphatic heterocycles. The predicted octanol–water partition coefficient (Wildman–Crippen LogP) is 1.54. The molecule has 0 N–H and O–H groups in total. The molecule has 0 radical (unpaired) electrons. The van der Waals surface area contributed by atoms with Crippen molar-refractivity contribution in [2.24, 2.45) is 0 Å². The Hall–Kier alpha value is -2.76. The summed E-state index contributed by atoms with van der Waals surface area (Å²) >= 11 is 0. The molecule has 0 saturated heterocycles. The largest absolute Gasteiger partial charge is 0.422 e. The Morgan fingerprint density at radius 3 is 2.85 bits per heavy atom. The Balaban J connectivity index is 2.25. The van der Waals surface area contributed by atoms with Crippen LogP contribution in [0.5, 0.6) is 0 Å². The lowest BCUT2D eigenvalue weighted by atomic mass is 10.2. The fourth-order valence-corrected chi connectivity index (χ4v) is 2.02. The number of aromatic nitrogens is 2. The van der Waals surface area contributed by atoms with Gasteiger partial charge in [0.1, 0.15) is 5.82 Å². The zero-order chi connectivity index (χ0) is 14.1. The monoisotopic (exact) mass is 272 g/mol. The topological polar surface area (TPSA) is 65.1 Å². The molecule has 3 aromatic rings. The van der Waals surface area contributed by atoms with E-state index in [-0.39, 0.29) is 11.9 Å². The number of pyridine rings is 1. The van der Waals surface area contributed by atoms with Gasteiger partial charge in [-0.25, -0.2) is 14.0 Å². The second-order valence-corrected chi connectivity index (χ2v) is 4.26. The second kappa shape index (κ2) is 4.73. The number of fused-ring (bicyclic) bond motifs is 1. The number of nitrogens with zero attached hydrogens (tertiary/aromatic N) is 2. The van der Waals surface area contributed by atoms with Crippen molar-refractivity contribution in [2.45, 2.75) is 6.54 Å². The van der Waals surface area contributed by atoms with Crippen LogP contribution in [0.3, 0.4) is 0 Å². The fourth-order valence-electron chi connectivity index (χ4n) is 2.02. The van der Waals surface area contributed by atoms with Crippen molar-refractivity contribution in [3.8, 4) is 0 Å². The van der Waals surface area contributed by atoms with E-state index in [9.17, 15) is 14.0 Å². The van der Waals surface area contributed by atoms with E-state index in [2.05, 4.69) is 9.40 Å². The maximum Gasteiger partial charge on any atom is 0.422 e. The van der Waals surface area contributed by atoms with Crippen molar-refractivity contribution >= 4 is 10.9 Å². The molecule has 3 rings (SSSR count). The van der Waals surface area contributed by atoms with Crippen LogP contribution in [-0.2, 0) is 6.54 Å². The smallest absolute Gasteiger partial charge is 0.372 e. The molecule has 0 unspecified atom stereocenters. The summed E-state index contributed by atoms with van der Waals surface area (Å²) in [7, 11) is 0. The standard InChI is InChI=1S/C14H9FN2O3/c15-10-3-4-12-11(6-10)13(18)20-14(19)17(12)8-9-2-1-5-16-7-9/h1-7H,8H2. The molecule has 0 bridgehead atoms. The van der Waals surface area contributed by atoms with Gasteiger partial charge >= 0.3 is 11.4 Å². The summed E-state index contributed by atoms with van der Waals surface area (Å²) < 4.78 is 19.1. The third kappa shape index (κ3) is 2.11. The normalized spacial score (nSPS) is 10.8. The number of benzene rings is 1. The van der Waals surface area contributed by atoms with E-state index in [1.807, 2.05) is 0 Å². The fraction of sp³-hybridized carbons (Fsp3) is 0.0714. The quantitative estimate of drug-likeness (QED) is 0.709. The molecular formula is C14H9FN2O3. The molecule has 0 aliphatic carbocycles. The van der Waals surface area contributed by atoms with Crippen LogP contribution in [0.2, 0.25) is 0 Å². The highest BCUT2D eigenvalue weighted by Crippen LogP contribution is 2.11. The zero-order valence-corrected chi connectivity index (χ0v) is 10.2. The van der Waals surface area contributed by atoms with Crippen molar-refractivity contribution in [2.75, 3.05) is 0 Å². The van der Waals surface area contributed by atoms with Gasteiger partial charge in [-0.1, -0.05) is 6.07 Å². The molecule has 1 aromatic carbocycles. The van der Waals surface area contributed by atoms with Crippen molar-refractivity contribution in [1.29, 1.82) is 0 Å². The van der Waals surface area contributed by atoms with Crippen LogP contribution in [0.15, 0.2) is 56.7 Å². The molecule has 2 aromatic heterocycles. The molecule has 0 atom stereocenters. The third-order valence-corrected chi connectivity index (χ3v) is 2.93. The first-order valence-electron chi connectivity index (χ1n) is 5.87. The molecule has 20 heavy (non-hydrogen) atoms. The van der Waals surface area contributed by atoms with Gasteiger partial charge < -0.3 is 4.42 Å². The number of hydrogen-bond acceptors (Lipinski definition) is 4. The van der Waals surface area contributed by atoms with Gasteiger partial charge in [0.05, 0.1) is 17.4 Å². The number of hydrogen-bond donors (Lipinski definition) is 0. The molecule has 0 fully saturated rings. The van der Waals surface area contributed by atoms with Crippen LogP contribution in [0.4, 0.5) is 4.39 Å². The van der Waals surface area contributed by atoms with E-state index in [0.29, 0.717) is 5.52 Å². The first-order valence-corrected chi connectivity index (χ1v) is 5.87. The van der Waals surface area contributed by atoms with Crippen molar-refractivity contribution in [3.05, 3.63) is 75.1 Å². The van der Waals surface area contributed by atoms with Gasteiger partial charge in [0.25, 0.3) is 0 Å². The SMILES string of the molecule is O=c1oc(=O)n(Cc2cccnc2)c2ccc(F)cc12. The van der Waals surface area contributed by atoms with Crippen molar-refractivity contribution < 1.29 is 8.81 Å². The van der Waals surface area contributed by atoms with Crippen LogP contribution in [0.25, 0.3) is 10.9 Å². The lowest BCUT2D eigenvalue weighted by Gasteiger charge is -2.08. The molecule has 2 heterocycles. The van der Waals surface area contributed by atoms with Crippen molar-refractivity contribution in [1.82, 2.24) is 9.55 Å². The first kappa shape index (κ1) is 12.3. The Morgan fingerprint density at radius 1 is 1.25 bits per heavy atom. The van der Waals surface area contributed by atoms with Gasteiger partial charge in [0, 0.05) is 12.4 Å². The van der Waals surface area contributed by atoms with Crippen LogP contribution in [0, 0.1) is 5.82 Å². The molecule has 100 valence electrons. The summed E-state index contributed by atoms with van der Waals surface area (Å²) in [5, 5.41) is 0.0356. The van der Waals surface area contributed by atoms with Crippen LogP contribution in [0.1, 0.15) is 5.56 Å². The van der Waals surface area contributed by atoms with Gasteiger partial charge in [-0.2, -0.15) is 0 Å². The van der Waals surface area contributed by atoms with Crippen LogP contribution in [-0.4, -0.2) is 9.55 Å². The average molecular weight is 272 g/mol. The minimum atomic E-state index is -0.841. The number of halogens is 1. The summed E-state index contributed by atoms with van der Waals surface area (Å²) in [6.45, 7) is 0.193. The average Bonchev–Trinajstić information content (AvgIpc) is 2.45. The minimum absolute atomic E-state index is 0.0356. The minimum Gasteiger partial charge on any atom is -0.372 e. The molecule has 0 spiro atoms. The summed E-state index contributed by atoms with van der Waals surface area (Å²) in [5.41, 5.74) is 0.262. The highest BCUT2D eigenvalue weighted by Gasteiger charge is 2.10. The predicted molar refractivity (Wildman–Crippen MR) is 70.0 cm³/mol. The Morgan fingerprint density at radius 2 is 2.10 bits per heavy atom. The second-order valence-electron chi connectivity index (χ2n) is 4.26. The van der Waals surface area contributed by atoms with Gasteiger partial charge in [-0.05, 0) is 29.8 Å². The molecule has 5 nitrogen and oxygen atoms in total. The van der Waals surface area contributed by atoms with Crippen molar-refractivity contribution in [3.63, 3.8) is 0 Å². The Bertz CT molecular complexity index is 884. The van der Waals surface area contributed by atoms with Crippen LogP contribution < -0.4 is 11.4 Å². The lowest BCUT2D eigenvalue weighted by Crippen LogP contribution is -2.25. The van der Waals surface area contributed by atoms with Crippen LogP contribution >= 0.6 is 0 Å². The highest BCUT2D eigenvalue weighted by atomic mass is 19.1. The number of rotatable bonds is 2. The van der Waals surface area contributed by atoms with E-state index >= 15 is 0 Å². The van der Waals surface area contributed by atoms with E-state index in [1.54, 1.807) is 24.5 Å². The summed E-state index contributed by atoms with van der Waals surface area (Å²) in [6.07, 6.45) is 3.22. The Kier molecular flexibility index (Phi) is 2.90. The van der Waals surface area contributed by atoms with E-state index in [0.717, 1.165) is 11.6 Å². The lowest BCUT2D eigenvalue weighted by molar-refractivity contribution is 0.424. The summed E-state index contributed by atoms with van der Waals surface area (Å²) in [6, 6.07) is 7.17. The summed E-state index contributed by atoms with van der Waals surface area (Å²) in [4.78, 5) is 27.4.